The van der Waals surface area contributed by atoms with Gasteiger partial charge in [-0.15, -0.1) is 11.3 Å². The normalized spacial score (nSPS) is 12.1. The van der Waals surface area contributed by atoms with Crippen LogP contribution in [-0.4, -0.2) is 23.6 Å². The molecule has 0 atom stereocenters. The van der Waals surface area contributed by atoms with Gasteiger partial charge in [0, 0.05) is 10.1 Å². The number of thiazole rings is 1. The summed E-state index contributed by atoms with van der Waals surface area (Å²) in [7, 11) is 1.34. The number of hydrogen-bond donors (Lipinski definition) is 0. The summed E-state index contributed by atoms with van der Waals surface area (Å²) in [6, 6.07) is 11.6. The quantitative estimate of drug-likeness (QED) is 0.413. The number of fused-ring (bicyclic) bond motifs is 2. The highest BCUT2D eigenvalue weighted by atomic mass is 35.5. The first-order chi connectivity index (χ1) is 13.9. The maximum Gasteiger partial charge on any atom is 0.325 e. The van der Waals surface area contributed by atoms with Gasteiger partial charge in [-0.2, -0.15) is 4.99 Å². The molecule has 0 aliphatic rings. The van der Waals surface area contributed by atoms with Crippen molar-refractivity contribution < 1.29 is 14.3 Å². The fourth-order valence-corrected chi connectivity index (χ4v) is 5.55. The molecular formula is C21H17ClN2O3S2. The van der Waals surface area contributed by atoms with E-state index in [1.54, 1.807) is 4.57 Å². The molecule has 0 aliphatic carbocycles. The fraction of sp³-hybridized carbons (Fsp3) is 0.190. The number of amides is 1. The molecule has 0 N–H and O–H groups in total. The molecule has 4 aromatic rings. The van der Waals surface area contributed by atoms with E-state index in [-0.39, 0.29) is 6.54 Å². The number of hydrogen-bond acceptors (Lipinski definition) is 5. The Morgan fingerprint density at radius 3 is 2.55 bits per heavy atom. The molecule has 5 nitrogen and oxygen atoms in total. The van der Waals surface area contributed by atoms with Crippen LogP contribution in [0.4, 0.5) is 0 Å². The Bertz CT molecular complexity index is 1350. The van der Waals surface area contributed by atoms with Crippen LogP contribution < -0.4 is 4.80 Å². The highest BCUT2D eigenvalue weighted by Gasteiger charge is 2.18. The van der Waals surface area contributed by atoms with E-state index in [2.05, 4.69) is 4.99 Å². The minimum atomic E-state index is -0.421. The average Bonchev–Trinajstić information content (AvgIpc) is 3.20. The third-order valence-electron chi connectivity index (χ3n) is 4.74. The lowest BCUT2D eigenvalue weighted by molar-refractivity contribution is -0.141. The summed E-state index contributed by atoms with van der Waals surface area (Å²) >= 11 is 9.12. The van der Waals surface area contributed by atoms with Crippen LogP contribution in [0.5, 0.6) is 0 Å². The predicted molar refractivity (Wildman–Crippen MR) is 118 cm³/mol. The smallest absolute Gasteiger partial charge is 0.325 e. The Balaban J connectivity index is 1.90. The molecule has 0 bridgehead atoms. The van der Waals surface area contributed by atoms with Crippen molar-refractivity contribution in [2.24, 2.45) is 4.99 Å². The van der Waals surface area contributed by atoms with Crippen molar-refractivity contribution in [3.05, 3.63) is 62.2 Å². The van der Waals surface area contributed by atoms with E-state index < -0.39 is 11.9 Å². The van der Waals surface area contributed by atoms with Crippen LogP contribution in [0, 0.1) is 13.8 Å². The average molecular weight is 445 g/mol. The molecule has 148 valence electrons. The number of halogens is 1. The summed E-state index contributed by atoms with van der Waals surface area (Å²) in [6.07, 6.45) is 0. The van der Waals surface area contributed by atoms with E-state index in [4.69, 9.17) is 16.3 Å². The number of aromatic nitrogens is 1. The standard InChI is InChI=1S/C21H17ClN2O3S2/c1-11-8-14-16(9-12(11)2)29-21(24(14)10-17(25)27-3)23-20(26)19-18(22)13-6-4-5-7-15(13)28-19/h4-9H,10H2,1-3H3. The minimum absolute atomic E-state index is 0.0226. The molecule has 0 fully saturated rings. The zero-order valence-electron chi connectivity index (χ0n) is 16.0. The van der Waals surface area contributed by atoms with Gasteiger partial charge in [0.2, 0.25) is 0 Å². The molecule has 0 saturated carbocycles. The predicted octanol–water partition coefficient (Wildman–Crippen LogP) is 5.10. The molecule has 2 aromatic heterocycles. The molecule has 2 aromatic carbocycles. The van der Waals surface area contributed by atoms with E-state index in [9.17, 15) is 9.59 Å². The number of benzene rings is 2. The van der Waals surface area contributed by atoms with Crippen LogP contribution in [0.1, 0.15) is 20.8 Å². The van der Waals surface area contributed by atoms with Crippen LogP contribution in [0.15, 0.2) is 41.4 Å². The Labute approximate surface area is 179 Å². The molecule has 0 radical (unpaired) electrons. The zero-order valence-corrected chi connectivity index (χ0v) is 18.4. The summed E-state index contributed by atoms with van der Waals surface area (Å²) in [5, 5.41) is 1.24. The monoisotopic (exact) mass is 444 g/mol. The molecule has 0 aliphatic heterocycles. The van der Waals surface area contributed by atoms with Crippen LogP contribution >= 0.6 is 34.3 Å². The molecule has 1 amide bonds. The van der Waals surface area contributed by atoms with Gasteiger partial charge in [-0.05, 0) is 43.2 Å². The second kappa shape index (κ2) is 7.74. The van der Waals surface area contributed by atoms with Crippen LogP contribution in [-0.2, 0) is 16.1 Å². The van der Waals surface area contributed by atoms with E-state index in [1.807, 2.05) is 50.2 Å². The van der Waals surface area contributed by atoms with Gasteiger partial charge in [-0.25, -0.2) is 0 Å². The molecule has 0 saturated heterocycles. The van der Waals surface area contributed by atoms with Crippen molar-refractivity contribution in [1.82, 2.24) is 4.57 Å². The van der Waals surface area contributed by atoms with Gasteiger partial charge in [-0.1, -0.05) is 41.1 Å². The lowest BCUT2D eigenvalue weighted by atomic mass is 10.1. The van der Waals surface area contributed by atoms with Crippen LogP contribution in [0.3, 0.4) is 0 Å². The summed E-state index contributed by atoms with van der Waals surface area (Å²) in [5.41, 5.74) is 3.08. The molecule has 8 heteroatoms. The van der Waals surface area contributed by atoms with Gasteiger partial charge in [0.1, 0.15) is 11.4 Å². The number of carbonyl (C=O) groups is 2. The number of rotatable bonds is 3. The Kier molecular flexibility index (Phi) is 5.29. The van der Waals surface area contributed by atoms with Crippen molar-refractivity contribution in [3.8, 4) is 0 Å². The molecule has 2 heterocycles. The van der Waals surface area contributed by atoms with Gasteiger partial charge in [0.05, 0.1) is 22.3 Å². The topological polar surface area (TPSA) is 60.7 Å². The summed E-state index contributed by atoms with van der Waals surface area (Å²) < 4.78 is 8.43. The SMILES string of the molecule is COC(=O)Cn1c(=NC(=O)c2sc3ccccc3c2Cl)sc2cc(C)c(C)cc21. The van der Waals surface area contributed by atoms with Gasteiger partial charge in [0.25, 0.3) is 5.91 Å². The minimum Gasteiger partial charge on any atom is -0.468 e. The Morgan fingerprint density at radius 2 is 1.83 bits per heavy atom. The lowest BCUT2D eigenvalue weighted by Gasteiger charge is -2.05. The lowest BCUT2D eigenvalue weighted by Crippen LogP contribution is -2.22. The number of methoxy groups -OCH3 is 1. The summed E-state index contributed by atoms with van der Waals surface area (Å²) in [4.78, 5) is 30.1. The second-order valence-corrected chi connectivity index (χ2v) is 9.05. The summed E-state index contributed by atoms with van der Waals surface area (Å²) in [6.45, 7) is 4.01. The van der Waals surface area contributed by atoms with E-state index >= 15 is 0 Å². The maximum absolute atomic E-state index is 13.0. The third kappa shape index (κ3) is 3.61. The molecule has 29 heavy (non-hydrogen) atoms. The van der Waals surface area contributed by atoms with E-state index in [0.717, 1.165) is 31.4 Å². The highest BCUT2D eigenvalue weighted by Crippen LogP contribution is 2.35. The van der Waals surface area contributed by atoms with E-state index in [1.165, 1.54) is 29.8 Å². The van der Waals surface area contributed by atoms with Gasteiger partial charge in [-0.3, -0.25) is 9.59 Å². The van der Waals surface area contributed by atoms with Crippen molar-refractivity contribution in [2.75, 3.05) is 7.11 Å². The molecule has 0 spiro atoms. The third-order valence-corrected chi connectivity index (χ3v) is 7.44. The maximum atomic E-state index is 13.0. The molecule has 0 unspecified atom stereocenters. The summed E-state index contributed by atoms with van der Waals surface area (Å²) in [5.74, 6) is -0.827. The zero-order chi connectivity index (χ0) is 20.7. The first-order valence-corrected chi connectivity index (χ1v) is 10.8. The number of thiophene rings is 1. The van der Waals surface area contributed by atoms with Crippen molar-refractivity contribution in [1.29, 1.82) is 0 Å². The molecular weight excluding hydrogens is 428 g/mol. The van der Waals surface area contributed by atoms with Crippen LogP contribution in [0.25, 0.3) is 20.3 Å². The number of carbonyl (C=O) groups excluding carboxylic acids is 2. The van der Waals surface area contributed by atoms with Gasteiger partial charge < -0.3 is 9.30 Å². The number of nitrogens with zero attached hydrogens (tertiary/aromatic N) is 2. The number of esters is 1. The Hall–Kier alpha value is -2.48. The second-order valence-electron chi connectivity index (χ2n) is 6.61. The van der Waals surface area contributed by atoms with Crippen LogP contribution in [0.2, 0.25) is 5.02 Å². The van der Waals surface area contributed by atoms with Crippen molar-refractivity contribution in [2.45, 2.75) is 20.4 Å². The first-order valence-electron chi connectivity index (χ1n) is 8.82. The van der Waals surface area contributed by atoms with E-state index in [0.29, 0.717) is 14.7 Å². The Morgan fingerprint density at radius 1 is 1.10 bits per heavy atom. The molecule has 4 rings (SSSR count). The van der Waals surface area contributed by atoms with Crippen molar-refractivity contribution >= 4 is 66.5 Å². The fourth-order valence-electron chi connectivity index (χ4n) is 3.04. The van der Waals surface area contributed by atoms with Gasteiger partial charge in [0.15, 0.2) is 4.80 Å². The van der Waals surface area contributed by atoms with Gasteiger partial charge >= 0.3 is 5.97 Å². The number of ether oxygens (including phenoxy) is 1. The largest absolute Gasteiger partial charge is 0.468 e. The highest BCUT2D eigenvalue weighted by molar-refractivity contribution is 7.21. The first kappa shape index (κ1) is 19.8. The van der Waals surface area contributed by atoms with Crippen molar-refractivity contribution in [3.63, 3.8) is 0 Å². The number of aryl methyl sites for hydroxylation is 2.